The second-order valence-electron chi connectivity index (χ2n) is 5.15. The van der Waals surface area contributed by atoms with Gasteiger partial charge in [0.05, 0.1) is 24.5 Å². The molecule has 1 unspecified atom stereocenters. The average molecular weight is 273 g/mol. The SMILES string of the molecule is CCc1cc(C(N)c2ccc(C)c(C)c2OC)n(C)n1. The number of hydrogen-bond donors (Lipinski definition) is 1. The number of benzene rings is 1. The number of methoxy groups -OCH3 is 1. The molecule has 0 saturated carbocycles. The first-order valence-corrected chi connectivity index (χ1v) is 6.92. The van der Waals surface area contributed by atoms with Gasteiger partial charge in [0.2, 0.25) is 0 Å². The van der Waals surface area contributed by atoms with Gasteiger partial charge in [-0.05, 0) is 37.5 Å². The first kappa shape index (κ1) is 14.6. The van der Waals surface area contributed by atoms with Crippen LogP contribution in [0.5, 0.6) is 5.75 Å². The Labute approximate surface area is 120 Å². The van der Waals surface area contributed by atoms with Gasteiger partial charge in [0.1, 0.15) is 5.75 Å². The summed E-state index contributed by atoms with van der Waals surface area (Å²) < 4.78 is 7.42. The molecule has 0 aliphatic rings. The summed E-state index contributed by atoms with van der Waals surface area (Å²) in [5, 5.41) is 4.47. The van der Waals surface area contributed by atoms with Crippen molar-refractivity contribution in [2.24, 2.45) is 12.8 Å². The van der Waals surface area contributed by atoms with Crippen LogP contribution in [0.25, 0.3) is 0 Å². The molecule has 0 aliphatic heterocycles. The van der Waals surface area contributed by atoms with E-state index in [-0.39, 0.29) is 6.04 Å². The molecule has 1 atom stereocenters. The van der Waals surface area contributed by atoms with Crippen molar-refractivity contribution < 1.29 is 4.74 Å². The van der Waals surface area contributed by atoms with Crippen molar-refractivity contribution in [2.75, 3.05) is 7.11 Å². The molecule has 0 radical (unpaired) electrons. The highest BCUT2D eigenvalue weighted by molar-refractivity contribution is 5.48. The number of ether oxygens (including phenoxy) is 1. The lowest BCUT2D eigenvalue weighted by atomic mass is 9.97. The van der Waals surface area contributed by atoms with E-state index in [0.717, 1.165) is 34.7 Å². The number of aryl methyl sites for hydroxylation is 3. The van der Waals surface area contributed by atoms with E-state index < -0.39 is 0 Å². The summed E-state index contributed by atoms with van der Waals surface area (Å²) in [6, 6.07) is 5.97. The second-order valence-corrected chi connectivity index (χ2v) is 5.15. The second kappa shape index (κ2) is 5.67. The average Bonchev–Trinajstić information content (AvgIpc) is 2.82. The van der Waals surface area contributed by atoms with E-state index in [1.807, 2.05) is 17.8 Å². The summed E-state index contributed by atoms with van der Waals surface area (Å²) in [6.07, 6.45) is 0.907. The van der Waals surface area contributed by atoms with Crippen LogP contribution in [-0.2, 0) is 13.5 Å². The van der Waals surface area contributed by atoms with Gasteiger partial charge >= 0.3 is 0 Å². The highest BCUT2D eigenvalue weighted by Gasteiger charge is 2.20. The normalized spacial score (nSPS) is 12.5. The molecule has 0 spiro atoms. The summed E-state index contributed by atoms with van der Waals surface area (Å²) in [5.41, 5.74) is 11.8. The summed E-state index contributed by atoms with van der Waals surface area (Å²) in [4.78, 5) is 0. The van der Waals surface area contributed by atoms with E-state index >= 15 is 0 Å². The largest absolute Gasteiger partial charge is 0.496 e. The fourth-order valence-electron chi connectivity index (χ4n) is 2.49. The molecule has 2 rings (SSSR count). The maximum Gasteiger partial charge on any atom is 0.127 e. The van der Waals surface area contributed by atoms with E-state index in [2.05, 4.69) is 38.0 Å². The minimum Gasteiger partial charge on any atom is -0.496 e. The predicted octanol–water partition coefficient (Wildman–Crippen LogP) is 2.66. The third-order valence-electron chi connectivity index (χ3n) is 3.89. The molecule has 4 heteroatoms. The van der Waals surface area contributed by atoms with Crippen LogP contribution < -0.4 is 10.5 Å². The molecule has 1 aromatic heterocycles. The molecule has 1 aromatic carbocycles. The molecule has 0 fully saturated rings. The Hall–Kier alpha value is -1.81. The van der Waals surface area contributed by atoms with Gasteiger partial charge in [-0.3, -0.25) is 4.68 Å². The fraction of sp³-hybridized carbons (Fsp3) is 0.438. The van der Waals surface area contributed by atoms with Crippen LogP contribution in [0.4, 0.5) is 0 Å². The van der Waals surface area contributed by atoms with Crippen LogP contribution in [0.2, 0.25) is 0 Å². The van der Waals surface area contributed by atoms with Crippen molar-refractivity contribution in [3.8, 4) is 5.75 Å². The molecule has 108 valence electrons. The zero-order valence-electron chi connectivity index (χ0n) is 12.9. The Morgan fingerprint density at radius 3 is 2.60 bits per heavy atom. The van der Waals surface area contributed by atoms with Crippen LogP contribution in [0.3, 0.4) is 0 Å². The van der Waals surface area contributed by atoms with Crippen molar-refractivity contribution in [3.05, 3.63) is 46.3 Å². The molecule has 0 saturated heterocycles. The highest BCUT2D eigenvalue weighted by atomic mass is 16.5. The van der Waals surface area contributed by atoms with Gasteiger partial charge in [-0.15, -0.1) is 0 Å². The molecular formula is C16H23N3O. The van der Waals surface area contributed by atoms with E-state index in [1.54, 1.807) is 7.11 Å². The maximum absolute atomic E-state index is 6.44. The van der Waals surface area contributed by atoms with Gasteiger partial charge in [0, 0.05) is 12.6 Å². The van der Waals surface area contributed by atoms with Crippen LogP contribution in [-0.4, -0.2) is 16.9 Å². The Bertz CT molecular complexity index is 616. The third kappa shape index (κ3) is 2.43. The number of nitrogens with zero attached hydrogens (tertiary/aromatic N) is 2. The molecular weight excluding hydrogens is 250 g/mol. The van der Waals surface area contributed by atoms with Crippen LogP contribution in [0.1, 0.15) is 41.0 Å². The Morgan fingerprint density at radius 2 is 2.05 bits per heavy atom. The number of hydrogen-bond acceptors (Lipinski definition) is 3. The van der Waals surface area contributed by atoms with Crippen LogP contribution in [0.15, 0.2) is 18.2 Å². The van der Waals surface area contributed by atoms with Gasteiger partial charge in [-0.2, -0.15) is 5.10 Å². The van der Waals surface area contributed by atoms with Gasteiger partial charge < -0.3 is 10.5 Å². The summed E-state index contributed by atoms with van der Waals surface area (Å²) in [6.45, 7) is 6.23. The number of nitrogens with two attached hydrogens (primary N) is 1. The highest BCUT2D eigenvalue weighted by Crippen LogP contribution is 2.32. The molecule has 0 bridgehead atoms. The molecule has 0 amide bonds. The van der Waals surface area contributed by atoms with E-state index in [4.69, 9.17) is 10.5 Å². The minimum absolute atomic E-state index is 0.234. The quantitative estimate of drug-likeness (QED) is 0.931. The van der Waals surface area contributed by atoms with Crippen molar-refractivity contribution in [2.45, 2.75) is 33.2 Å². The zero-order chi connectivity index (χ0) is 14.9. The number of rotatable bonds is 4. The van der Waals surface area contributed by atoms with E-state index in [9.17, 15) is 0 Å². The third-order valence-corrected chi connectivity index (χ3v) is 3.89. The van der Waals surface area contributed by atoms with Gasteiger partial charge in [0.15, 0.2) is 0 Å². The molecule has 2 aromatic rings. The van der Waals surface area contributed by atoms with Gasteiger partial charge in [0.25, 0.3) is 0 Å². The van der Waals surface area contributed by atoms with Crippen LogP contribution >= 0.6 is 0 Å². The molecule has 1 heterocycles. The summed E-state index contributed by atoms with van der Waals surface area (Å²) >= 11 is 0. The van der Waals surface area contributed by atoms with Crippen molar-refractivity contribution in [1.82, 2.24) is 9.78 Å². The van der Waals surface area contributed by atoms with Crippen LogP contribution in [0, 0.1) is 13.8 Å². The Kier molecular flexibility index (Phi) is 4.14. The molecule has 4 nitrogen and oxygen atoms in total. The monoisotopic (exact) mass is 273 g/mol. The smallest absolute Gasteiger partial charge is 0.127 e. The van der Waals surface area contributed by atoms with Gasteiger partial charge in [-0.25, -0.2) is 0 Å². The first-order valence-electron chi connectivity index (χ1n) is 6.92. The minimum atomic E-state index is -0.234. The predicted molar refractivity (Wildman–Crippen MR) is 81.1 cm³/mol. The van der Waals surface area contributed by atoms with E-state index in [0.29, 0.717) is 0 Å². The van der Waals surface area contributed by atoms with Crippen molar-refractivity contribution in [1.29, 1.82) is 0 Å². The maximum atomic E-state index is 6.44. The lowest BCUT2D eigenvalue weighted by Crippen LogP contribution is -2.17. The standard InChI is InChI=1S/C16H23N3O/c1-6-12-9-14(19(4)18-12)15(17)13-8-7-10(2)11(3)16(13)20-5/h7-9,15H,6,17H2,1-5H3. The van der Waals surface area contributed by atoms with Gasteiger partial charge in [-0.1, -0.05) is 19.1 Å². The summed E-state index contributed by atoms with van der Waals surface area (Å²) in [5.74, 6) is 0.872. The first-order chi connectivity index (χ1) is 9.49. The Morgan fingerprint density at radius 1 is 1.35 bits per heavy atom. The zero-order valence-corrected chi connectivity index (χ0v) is 12.9. The fourth-order valence-corrected chi connectivity index (χ4v) is 2.49. The number of aromatic nitrogens is 2. The summed E-state index contributed by atoms with van der Waals surface area (Å²) in [7, 11) is 3.63. The topological polar surface area (TPSA) is 53.1 Å². The van der Waals surface area contributed by atoms with E-state index in [1.165, 1.54) is 5.56 Å². The lowest BCUT2D eigenvalue weighted by Gasteiger charge is -2.19. The van der Waals surface area contributed by atoms with Crippen molar-refractivity contribution in [3.63, 3.8) is 0 Å². The molecule has 0 aliphatic carbocycles. The molecule has 20 heavy (non-hydrogen) atoms. The van der Waals surface area contributed by atoms with Crippen molar-refractivity contribution >= 4 is 0 Å². The lowest BCUT2D eigenvalue weighted by molar-refractivity contribution is 0.403. The Balaban J connectivity index is 2.50. The molecule has 2 N–H and O–H groups in total.